The molecule has 0 aromatic heterocycles. The first-order chi connectivity index (χ1) is 3.84. The number of carbonyl (C=O) groups is 1. The second-order valence-corrected chi connectivity index (χ2v) is 1.78. The maximum Gasteiger partial charge on any atom is 0.164 e. The molecular formula is C5H6N2O. The Hall–Kier alpha value is -0.880. The lowest BCUT2D eigenvalue weighted by molar-refractivity contribution is -0.118. The van der Waals surface area contributed by atoms with Gasteiger partial charge in [0.2, 0.25) is 0 Å². The quantitative estimate of drug-likeness (QED) is 0.448. The fourth-order valence-electron chi connectivity index (χ4n) is 0.694. The first-order valence-corrected chi connectivity index (χ1v) is 2.47. The number of nitrogens with one attached hydrogen (secondary N) is 1. The minimum absolute atomic E-state index is 0.0208. The van der Waals surface area contributed by atoms with Crippen LogP contribution in [0, 0.1) is 17.2 Å². The molecule has 1 N–H and O–H groups in total. The molecule has 1 heterocycles. The van der Waals surface area contributed by atoms with Gasteiger partial charge in [-0.25, -0.2) is 0 Å². The Bertz CT molecular complexity index is 147. The molecule has 3 nitrogen and oxygen atoms in total. The Kier molecular flexibility index (Phi) is 1.27. The van der Waals surface area contributed by atoms with Gasteiger partial charge < -0.3 is 5.32 Å². The van der Waals surface area contributed by atoms with Crippen LogP contribution in [0.15, 0.2) is 0 Å². The van der Waals surface area contributed by atoms with E-state index in [1.54, 1.807) is 0 Å². The number of nitriles is 1. The van der Waals surface area contributed by atoms with Crippen molar-refractivity contribution >= 4 is 5.78 Å². The highest BCUT2D eigenvalue weighted by molar-refractivity contribution is 5.87. The van der Waals surface area contributed by atoms with E-state index in [9.17, 15) is 4.79 Å². The molecular weight excluding hydrogens is 104 g/mol. The second kappa shape index (κ2) is 1.93. The van der Waals surface area contributed by atoms with Gasteiger partial charge in [-0.2, -0.15) is 5.26 Å². The molecule has 1 rings (SSSR count). The zero-order chi connectivity index (χ0) is 5.98. The molecule has 1 atom stereocenters. The van der Waals surface area contributed by atoms with Gasteiger partial charge in [-0.3, -0.25) is 4.79 Å². The van der Waals surface area contributed by atoms with Crippen molar-refractivity contribution in [2.45, 2.75) is 0 Å². The summed E-state index contributed by atoms with van der Waals surface area (Å²) in [4.78, 5) is 10.5. The molecule has 0 bridgehead atoms. The number of carbonyl (C=O) groups excluding carboxylic acids is 1. The third-order valence-electron chi connectivity index (χ3n) is 1.19. The van der Waals surface area contributed by atoms with Crippen LogP contribution in [-0.4, -0.2) is 18.9 Å². The minimum Gasteiger partial charge on any atom is -0.308 e. The monoisotopic (exact) mass is 110 g/mol. The van der Waals surface area contributed by atoms with E-state index in [4.69, 9.17) is 5.26 Å². The van der Waals surface area contributed by atoms with Gasteiger partial charge in [0.1, 0.15) is 5.92 Å². The summed E-state index contributed by atoms with van der Waals surface area (Å²) in [5.41, 5.74) is 0. The molecule has 1 saturated heterocycles. The number of rotatable bonds is 0. The largest absolute Gasteiger partial charge is 0.308 e. The second-order valence-electron chi connectivity index (χ2n) is 1.78. The predicted molar refractivity (Wildman–Crippen MR) is 27.0 cm³/mol. The van der Waals surface area contributed by atoms with Gasteiger partial charge in [0.15, 0.2) is 5.78 Å². The highest BCUT2D eigenvalue weighted by atomic mass is 16.1. The van der Waals surface area contributed by atoms with Crippen LogP contribution in [0.3, 0.4) is 0 Å². The third kappa shape index (κ3) is 0.703. The highest BCUT2D eigenvalue weighted by Crippen LogP contribution is 1.99. The van der Waals surface area contributed by atoms with E-state index in [1.165, 1.54) is 0 Å². The number of hydrogen-bond donors (Lipinski definition) is 1. The molecule has 1 aliphatic rings. The van der Waals surface area contributed by atoms with Crippen molar-refractivity contribution in [1.29, 1.82) is 5.26 Å². The van der Waals surface area contributed by atoms with Crippen molar-refractivity contribution in [1.82, 2.24) is 5.32 Å². The standard InChI is InChI=1S/C5H6N2O/c6-1-4-2-7-3-5(4)8/h4,7H,2-3H2/t4-/m0/s1. The number of Topliss-reactive ketones (excluding diaryl/α,β-unsaturated/α-hetero) is 1. The molecule has 8 heavy (non-hydrogen) atoms. The van der Waals surface area contributed by atoms with Crippen LogP contribution in [-0.2, 0) is 4.79 Å². The van der Waals surface area contributed by atoms with E-state index in [2.05, 4.69) is 5.32 Å². The Labute approximate surface area is 47.3 Å². The summed E-state index contributed by atoms with van der Waals surface area (Å²) in [7, 11) is 0. The van der Waals surface area contributed by atoms with E-state index < -0.39 is 0 Å². The first-order valence-electron chi connectivity index (χ1n) is 2.47. The lowest BCUT2D eigenvalue weighted by Crippen LogP contribution is -2.07. The number of hydrogen-bond acceptors (Lipinski definition) is 3. The molecule has 42 valence electrons. The van der Waals surface area contributed by atoms with E-state index in [-0.39, 0.29) is 11.7 Å². The van der Waals surface area contributed by atoms with Crippen LogP contribution in [0.5, 0.6) is 0 Å². The highest BCUT2D eigenvalue weighted by Gasteiger charge is 2.22. The van der Waals surface area contributed by atoms with Gasteiger partial charge in [-0.1, -0.05) is 0 Å². The van der Waals surface area contributed by atoms with Crippen LogP contribution in [0.4, 0.5) is 0 Å². The van der Waals surface area contributed by atoms with Gasteiger partial charge in [0.05, 0.1) is 12.6 Å². The fraction of sp³-hybridized carbons (Fsp3) is 0.600. The molecule has 0 unspecified atom stereocenters. The first kappa shape index (κ1) is 5.26. The van der Waals surface area contributed by atoms with Gasteiger partial charge in [-0.05, 0) is 0 Å². The molecule has 0 saturated carbocycles. The molecule has 0 amide bonds. The fourth-order valence-corrected chi connectivity index (χ4v) is 0.694. The van der Waals surface area contributed by atoms with Crippen LogP contribution in [0.25, 0.3) is 0 Å². The average molecular weight is 110 g/mol. The lowest BCUT2D eigenvalue weighted by Gasteiger charge is -1.86. The van der Waals surface area contributed by atoms with Gasteiger partial charge in [0, 0.05) is 6.54 Å². The van der Waals surface area contributed by atoms with Crippen LogP contribution in [0.2, 0.25) is 0 Å². The average Bonchev–Trinajstić information content (AvgIpc) is 2.14. The maximum atomic E-state index is 10.5. The summed E-state index contributed by atoms with van der Waals surface area (Å²) in [5, 5.41) is 11.0. The molecule has 0 spiro atoms. The van der Waals surface area contributed by atoms with E-state index >= 15 is 0 Å². The van der Waals surface area contributed by atoms with E-state index in [1.807, 2.05) is 6.07 Å². The molecule has 1 fully saturated rings. The molecule has 1 aliphatic heterocycles. The van der Waals surface area contributed by atoms with Crippen LogP contribution in [0.1, 0.15) is 0 Å². The summed E-state index contributed by atoms with van der Waals surface area (Å²) >= 11 is 0. The molecule has 0 aliphatic carbocycles. The summed E-state index contributed by atoms with van der Waals surface area (Å²) < 4.78 is 0. The lowest BCUT2D eigenvalue weighted by atomic mass is 10.1. The smallest absolute Gasteiger partial charge is 0.164 e. The van der Waals surface area contributed by atoms with E-state index in [0.29, 0.717) is 13.1 Å². The molecule has 0 radical (unpaired) electrons. The van der Waals surface area contributed by atoms with Crippen LogP contribution >= 0.6 is 0 Å². The van der Waals surface area contributed by atoms with Crippen LogP contribution < -0.4 is 5.32 Å². The minimum atomic E-state index is -0.380. The summed E-state index contributed by atoms with van der Waals surface area (Å²) in [6.45, 7) is 0.910. The normalized spacial score (nSPS) is 27.9. The van der Waals surface area contributed by atoms with Crippen molar-refractivity contribution in [2.75, 3.05) is 13.1 Å². The zero-order valence-electron chi connectivity index (χ0n) is 4.35. The molecule has 0 aromatic rings. The summed E-state index contributed by atoms with van der Waals surface area (Å²) in [6.07, 6.45) is 0. The van der Waals surface area contributed by atoms with Crippen molar-refractivity contribution in [3.63, 3.8) is 0 Å². The third-order valence-corrected chi connectivity index (χ3v) is 1.19. The van der Waals surface area contributed by atoms with Crippen molar-refractivity contribution in [2.24, 2.45) is 5.92 Å². The van der Waals surface area contributed by atoms with Gasteiger partial charge in [0.25, 0.3) is 0 Å². The Morgan fingerprint density at radius 1 is 1.88 bits per heavy atom. The van der Waals surface area contributed by atoms with E-state index in [0.717, 1.165) is 0 Å². The topological polar surface area (TPSA) is 52.9 Å². The Morgan fingerprint density at radius 2 is 2.62 bits per heavy atom. The van der Waals surface area contributed by atoms with Gasteiger partial charge >= 0.3 is 0 Å². The van der Waals surface area contributed by atoms with Crippen molar-refractivity contribution < 1.29 is 4.79 Å². The van der Waals surface area contributed by atoms with Gasteiger partial charge in [-0.15, -0.1) is 0 Å². The Balaban J connectivity index is 2.58. The SMILES string of the molecule is N#C[C@H]1CNCC1=O. The predicted octanol–water partition coefficient (Wildman–Crippen LogP) is -0.702. The Morgan fingerprint density at radius 3 is 2.88 bits per heavy atom. The summed E-state index contributed by atoms with van der Waals surface area (Å²) in [5.74, 6) is -0.359. The van der Waals surface area contributed by atoms with Crippen molar-refractivity contribution in [3.8, 4) is 6.07 Å². The van der Waals surface area contributed by atoms with Crippen molar-refractivity contribution in [3.05, 3.63) is 0 Å². The zero-order valence-corrected chi connectivity index (χ0v) is 4.35. The molecule has 3 heteroatoms. The molecule has 0 aromatic carbocycles. The number of nitrogens with zero attached hydrogens (tertiary/aromatic N) is 1. The summed E-state index contributed by atoms with van der Waals surface area (Å²) in [6, 6.07) is 1.90. The number of ketones is 1. The maximum absolute atomic E-state index is 10.5.